The minimum absolute atomic E-state index is 0.245. The van der Waals surface area contributed by atoms with Crippen LogP contribution < -0.4 is 5.69 Å². The molecule has 90 valence electrons. The molecular weight excluding hydrogens is 216 g/mol. The average molecular weight is 232 g/mol. The first-order valence-electron chi connectivity index (χ1n) is 5.76. The van der Waals surface area contributed by atoms with E-state index in [-0.39, 0.29) is 5.69 Å². The third kappa shape index (κ3) is 2.61. The molecule has 2 heterocycles. The van der Waals surface area contributed by atoms with Crippen LogP contribution in [0, 0.1) is 0 Å². The Bertz CT molecular complexity index is 543. The average Bonchev–Trinajstić information content (AvgIpc) is 2.80. The highest BCUT2D eigenvalue weighted by Gasteiger charge is 2.05. The molecular formula is C12H16N4O. The highest BCUT2D eigenvalue weighted by atomic mass is 16.1. The predicted molar refractivity (Wildman–Crippen MR) is 64.8 cm³/mol. The predicted octanol–water partition coefficient (Wildman–Crippen LogP) is 1.46. The van der Waals surface area contributed by atoms with Crippen LogP contribution in [0.4, 0.5) is 0 Å². The Morgan fingerprint density at radius 3 is 2.94 bits per heavy atom. The lowest BCUT2D eigenvalue weighted by molar-refractivity contribution is 0.471. The molecule has 2 aromatic rings. The molecule has 0 N–H and O–H groups in total. The zero-order valence-corrected chi connectivity index (χ0v) is 10.1. The van der Waals surface area contributed by atoms with Gasteiger partial charge in [-0.1, -0.05) is 6.92 Å². The standard InChI is InChI=1S/C12H16N4O/c1-3-10(2)16-8-5-11(14-16)9-15-7-4-6-13-12(15)17/h4-8,10H,3,9H2,1-2H3. The Morgan fingerprint density at radius 1 is 1.41 bits per heavy atom. The van der Waals surface area contributed by atoms with Gasteiger partial charge in [-0.3, -0.25) is 9.25 Å². The van der Waals surface area contributed by atoms with E-state index in [0.717, 1.165) is 12.1 Å². The van der Waals surface area contributed by atoms with E-state index < -0.39 is 0 Å². The Labute approximate surface area is 99.7 Å². The first kappa shape index (κ1) is 11.6. The molecule has 2 aromatic heterocycles. The lowest BCUT2D eigenvalue weighted by Crippen LogP contribution is -2.22. The summed E-state index contributed by atoms with van der Waals surface area (Å²) >= 11 is 0. The Hall–Kier alpha value is -1.91. The van der Waals surface area contributed by atoms with E-state index in [1.807, 2.05) is 16.9 Å². The molecule has 0 radical (unpaired) electrons. The van der Waals surface area contributed by atoms with E-state index >= 15 is 0 Å². The molecule has 5 nitrogen and oxygen atoms in total. The van der Waals surface area contributed by atoms with Crippen molar-refractivity contribution in [3.63, 3.8) is 0 Å². The number of nitrogens with zero attached hydrogens (tertiary/aromatic N) is 4. The molecule has 0 fully saturated rings. The van der Waals surface area contributed by atoms with Crippen LogP contribution in [0.3, 0.4) is 0 Å². The van der Waals surface area contributed by atoms with E-state index in [1.54, 1.807) is 16.8 Å². The number of aromatic nitrogens is 4. The van der Waals surface area contributed by atoms with Crippen molar-refractivity contribution in [1.82, 2.24) is 19.3 Å². The molecule has 17 heavy (non-hydrogen) atoms. The summed E-state index contributed by atoms with van der Waals surface area (Å²) in [5.74, 6) is 0. The van der Waals surface area contributed by atoms with Crippen LogP contribution in [0.5, 0.6) is 0 Å². The molecule has 0 spiro atoms. The molecule has 0 amide bonds. The Kier molecular flexibility index (Phi) is 3.37. The number of hydrogen-bond acceptors (Lipinski definition) is 3. The van der Waals surface area contributed by atoms with Gasteiger partial charge in [-0.2, -0.15) is 5.10 Å². The van der Waals surface area contributed by atoms with Gasteiger partial charge >= 0.3 is 5.69 Å². The maximum absolute atomic E-state index is 11.4. The summed E-state index contributed by atoms with van der Waals surface area (Å²) in [6, 6.07) is 4.06. The second-order valence-electron chi connectivity index (χ2n) is 4.07. The van der Waals surface area contributed by atoms with Crippen molar-refractivity contribution in [2.75, 3.05) is 0 Å². The van der Waals surface area contributed by atoms with Crippen LogP contribution in [0.15, 0.2) is 35.5 Å². The first-order chi connectivity index (χ1) is 8.20. The minimum atomic E-state index is -0.245. The molecule has 0 aromatic carbocycles. The highest BCUT2D eigenvalue weighted by Crippen LogP contribution is 2.09. The maximum atomic E-state index is 11.4. The van der Waals surface area contributed by atoms with Crippen molar-refractivity contribution in [2.24, 2.45) is 0 Å². The Morgan fingerprint density at radius 2 is 2.24 bits per heavy atom. The van der Waals surface area contributed by atoms with Gasteiger partial charge in [0.2, 0.25) is 0 Å². The van der Waals surface area contributed by atoms with Crippen molar-refractivity contribution < 1.29 is 0 Å². The minimum Gasteiger partial charge on any atom is -0.293 e. The fraction of sp³-hybridized carbons (Fsp3) is 0.417. The van der Waals surface area contributed by atoms with Crippen molar-refractivity contribution >= 4 is 0 Å². The SMILES string of the molecule is CCC(C)n1ccc(Cn2cccnc2=O)n1. The normalized spacial score (nSPS) is 12.6. The lowest BCUT2D eigenvalue weighted by atomic mass is 10.3. The molecule has 1 atom stereocenters. The van der Waals surface area contributed by atoms with Gasteiger partial charge in [0, 0.05) is 24.6 Å². The fourth-order valence-electron chi connectivity index (χ4n) is 1.58. The topological polar surface area (TPSA) is 52.7 Å². The number of rotatable bonds is 4. The quantitative estimate of drug-likeness (QED) is 0.802. The fourth-order valence-corrected chi connectivity index (χ4v) is 1.58. The summed E-state index contributed by atoms with van der Waals surface area (Å²) in [5.41, 5.74) is 0.631. The van der Waals surface area contributed by atoms with Crippen LogP contribution in [-0.2, 0) is 6.54 Å². The second-order valence-corrected chi connectivity index (χ2v) is 4.07. The Balaban J connectivity index is 2.17. The van der Waals surface area contributed by atoms with Gasteiger partial charge in [0.15, 0.2) is 0 Å². The first-order valence-corrected chi connectivity index (χ1v) is 5.76. The van der Waals surface area contributed by atoms with Gasteiger partial charge in [-0.15, -0.1) is 0 Å². The molecule has 0 saturated carbocycles. The van der Waals surface area contributed by atoms with Crippen LogP contribution in [0.25, 0.3) is 0 Å². The van der Waals surface area contributed by atoms with Crippen molar-refractivity contribution in [3.05, 3.63) is 46.9 Å². The monoisotopic (exact) mass is 232 g/mol. The van der Waals surface area contributed by atoms with Gasteiger partial charge in [-0.25, -0.2) is 9.78 Å². The van der Waals surface area contributed by atoms with E-state index in [2.05, 4.69) is 23.9 Å². The third-order valence-corrected chi connectivity index (χ3v) is 2.82. The summed E-state index contributed by atoms with van der Waals surface area (Å²) in [7, 11) is 0. The van der Waals surface area contributed by atoms with Crippen LogP contribution >= 0.6 is 0 Å². The van der Waals surface area contributed by atoms with Crippen molar-refractivity contribution in [2.45, 2.75) is 32.9 Å². The molecule has 2 rings (SSSR count). The van der Waals surface area contributed by atoms with E-state index in [4.69, 9.17) is 0 Å². The third-order valence-electron chi connectivity index (χ3n) is 2.82. The van der Waals surface area contributed by atoms with E-state index in [1.165, 1.54) is 6.20 Å². The van der Waals surface area contributed by atoms with Crippen molar-refractivity contribution in [3.8, 4) is 0 Å². The zero-order valence-electron chi connectivity index (χ0n) is 10.1. The molecule has 5 heteroatoms. The van der Waals surface area contributed by atoms with Gasteiger partial charge in [0.05, 0.1) is 12.2 Å². The summed E-state index contributed by atoms with van der Waals surface area (Å²) in [4.78, 5) is 15.1. The van der Waals surface area contributed by atoms with E-state index in [0.29, 0.717) is 12.6 Å². The van der Waals surface area contributed by atoms with Crippen LogP contribution in [0.1, 0.15) is 32.0 Å². The number of hydrogen-bond donors (Lipinski definition) is 0. The molecule has 0 aliphatic heterocycles. The summed E-state index contributed by atoms with van der Waals surface area (Å²) < 4.78 is 3.47. The summed E-state index contributed by atoms with van der Waals surface area (Å²) in [6.45, 7) is 4.71. The zero-order chi connectivity index (χ0) is 12.3. The highest BCUT2D eigenvalue weighted by molar-refractivity contribution is 5.01. The molecule has 1 unspecified atom stereocenters. The molecule has 0 saturated heterocycles. The van der Waals surface area contributed by atoms with Crippen LogP contribution in [0.2, 0.25) is 0 Å². The second kappa shape index (κ2) is 4.95. The summed E-state index contributed by atoms with van der Waals surface area (Å²) in [6.07, 6.45) is 6.20. The van der Waals surface area contributed by atoms with Gasteiger partial charge in [0.25, 0.3) is 0 Å². The molecule has 0 aliphatic carbocycles. The lowest BCUT2D eigenvalue weighted by Gasteiger charge is -2.08. The van der Waals surface area contributed by atoms with Crippen molar-refractivity contribution in [1.29, 1.82) is 0 Å². The summed E-state index contributed by atoms with van der Waals surface area (Å²) in [5, 5.41) is 4.45. The largest absolute Gasteiger partial charge is 0.347 e. The van der Waals surface area contributed by atoms with Crippen LogP contribution in [-0.4, -0.2) is 19.3 Å². The molecule has 0 bridgehead atoms. The van der Waals surface area contributed by atoms with Gasteiger partial charge < -0.3 is 0 Å². The molecule has 0 aliphatic rings. The van der Waals surface area contributed by atoms with E-state index in [9.17, 15) is 4.79 Å². The smallest absolute Gasteiger partial charge is 0.293 e. The maximum Gasteiger partial charge on any atom is 0.347 e. The van der Waals surface area contributed by atoms with Gasteiger partial charge in [0.1, 0.15) is 0 Å². The van der Waals surface area contributed by atoms with Gasteiger partial charge in [-0.05, 0) is 25.5 Å².